The van der Waals surface area contributed by atoms with Gasteiger partial charge in [-0.15, -0.1) is 0 Å². The Morgan fingerprint density at radius 1 is 1.12 bits per heavy atom. The van der Waals surface area contributed by atoms with E-state index >= 15 is 0 Å². The van der Waals surface area contributed by atoms with Gasteiger partial charge >= 0.3 is 0 Å². The molecule has 170 valence electrons. The van der Waals surface area contributed by atoms with E-state index in [-0.39, 0.29) is 11.3 Å². The Bertz CT molecular complexity index is 1000. The summed E-state index contributed by atoms with van der Waals surface area (Å²) in [5, 5.41) is 15.2. The van der Waals surface area contributed by atoms with E-state index in [2.05, 4.69) is 17.1 Å². The van der Waals surface area contributed by atoms with E-state index in [1.54, 1.807) is 30.3 Å². The lowest BCUT2D eigenvalue weighted by Gasteiger charge is -2.32. The molecule has 0 aliphatic carbocycles. The largest absolute Gasteiger partial charge is 0.378 e. The summed E-state index contributed by atoms with van der Waals surface area (Å²) in [6.45, 7) is 6.25. The third-order valence-corrected chi connectivity index (χ3v) is 6.43. The smallest absolute Gasteiger partial charge is 0.293 e. The second-order valence-electron chi connectivity index (χ2n) is 8.32. The zero-order valence-electron chi connectivity index (χ0n) is 18.1. The summed E-state index contributed by atoms with van der Waals surface area (Å²) >= 11 is 6.45. The molecule has 0 spiro atoms. The Morgan fingerprint density at radius 3 is 2.53 bits per heavy atom. The van der Waals surface area contributed by atoms with E-state index in [0.717, 1.165) is 31.6 Å². The number of carbonyl (C=O) groups is 1. The molecule has 2 aromatic carbocycles. The first-order chi connectivity index (χ1) is 15.4. The molecule has 2 aromatic rings. The van der Waals surface area contributed by atoms with E-state index in [1.165, 1.54) is 6.07 Å². The monoisotopic (exact) mass is 458 g/mol. The highest BCUT2D eigenvalue weighted by Crippen LogP contribution is 2.36. The summed E-state index contributed by atoms with van der Waals surface area (Å²) in [5.74, 6) is 0.206. The maximum Gasteiger partial charge on any atom is 0.293 e. The summed E-state index contributed by atoms with van der Waals surface area (Å²) in [6, 6.07) is 10.0. The van der Waals surface area contributed by atoms with Gasteiger partial charge in [-0.1, -0.05) is 24.6 Å². The van der Waals surface area contributed by atoms with Gasteiger partial charge in [0.15, 0.2) is 0 Å². The molecule has 32 heavy (non-hydrogen) atoms. The first-order valence-electron chi connectivity index (χ1n) is 10.9. The van der Waals surface area contributed by atoms with Crippen LogP contribution in [0.15, 0.2) is 36.4 Å². The SMILES string of the molecule is CC1CCN(c2ccc(C(=O)Nc3cccc(Cl)c3N3CCOCC3)cc2[N+](=O)[O-])CC1. The van der Waals surface area contributed by atoms with E-state index in [0.29, 0.717) is 48.6 Å². The van der Waals surface area contributed by atoms with Crippen molar-refractivity contribution in [3.05, 3.63) is 57.1 Å². The summed E-state index contributed by atoms with van der Waals surface area (Å²) in [6.07, 6.45) is 2.00. The molecule has 2 saturated heterocycles. The quantitative estimate of drug-likeness (QED) is 0.521. The molecule has 9 heteroatoms. The zero-order valence-corrected chi connectivity index (χ0v) is 18.8. The van der Waals surface area contributed by atoms with E-state index in [9.17, 15) is 14.9 Å². The van der Waals surface area contributed by atoms with Gasteiger partial charge in [0.1, 0.15) is 5.69 Å². The summed E-state index contributed by atoms with van der Waals surface area (Å²) in [4.78, 5) is 28.5. The Hall–Kier alpha value is -2.84. The van der Waals surface area contributed by atoms with Crippen LogP contribution >= 0.6 is 11.6 Å². The molecule has 0 aromatic heterocycles. The molecule has 1 N–H and O–H groups in total. The lowest BCUT2D eigenvalue weighted by Crippen LogP contribution is -2.37. The predicted octanol–water partition coefficient (Wildman–Crippen LogP) is 4.57. The van der Waals surface area contributed by atoms with Crippen molar-refractivity contribution in [2.75, 3.05) is 54.5 Å². The lowest BCUT2D eigenvalue weighted by atomic mass is 9.98. The molecule has 4 rings (SSSR count). The molecule has 0 bridgehead atoms. The van der Waals surface area contributed by atoms with Gasteiger partial charge in [0.25, 0.3) is 11.6 Å². The second kappa shape index (κ2) is 9.75. The van der Waals surface area contributed by atoms with E-state index in [1.807, 2.05) is 4.90 Å². The number of nitro benzene ring substituents is 1. The van der Waals surface area contributed by atoms with Crippen molar-refractivity contribution >= 4 is 40.3 Å². The van der Waals surface area contributed by atoms with Crippen molar-refractivity contribution in [1.82, 2.24) is 0 Å². The maximum atomic E-state index is 13.0. The number of carbonyl (C=O) groups excluding carboxylic acids is 1. The van der Waals surface area contributed by atoms with Crippen LogP contribution in [-0.2, 0) is 4.74 Å². The number of hydrogen-bond donors (Lipinski definition) is 1. The van der Waals surface area contributed by atoms with Crippen LogP contribution in [0.25, 0.3) is 0 Å². The second-order valence-corrected chi connectivity index (χ2v) is 8.73. The number of nitro groups is 1. The van der Waals surface area contributed by atoms with Crippen LogP contribution in [0.3, 0.4) is 0 Å². The van der Waals surface area contributed by atoms with Crippen LogP contribution in [-0.4, -0.2) is 50.2 Å². The van der Waals surface area contributed by atoms with Crippen molar-refractivity contribution in [1.29, 1.82) is 0 Å². The third-order valence-electron chi connectivity index (χ3n) is 6.12. The number of ether oxygens (including phenoxy) is 1. The van der Waals surface area contributed by atoms with Crippen molar-refractivity contribution in [3.8, 4) is 0 Å². The van der Waals surface area contributed by atoms with Crippen molar-refractivity contribution in [2.45, 2.75) is 19.8 Å². The number of nitrogens with zero attached hydrogens (tertiary/aromatic N) is 3. The molecular formula is C23H27ClN4O4. The van der Waals surface area contributed by atoms with Crippen LogP contribution in [0.5, 0.6) is 0 Å². The van der Waals surface area contributed by atoms with Gasteiger partial charge in [-0.2, -0.15) is 0 Å². The van der Waals surface area contributed by atoms with Crippen LogP contribution < -0.4 is 15.1 Å². The number of nitrogens with one attached hydrogen (secondary N) is 1. The summed E-state index contributed by atoms with van der Waals surface area (Å²) in [7, 11) is 0. The maximum absolute atomic E-state index is 13.0. The van der Waals surface area contributed by atoms with Gasteiger partial charge in [0.2, 0.25) is 0 Å². The number of halogens is 1. The van der Waals surface area contributed by atoms with Crippen molar-refractivity contribution in [2.24, 2.45) is 5.92 Å². The molecule has 0 unspecified atom stereocenters. The molecular weight excluding hydrogens is 432 g/mol. The molecule has 2 heterocycles. The predicted molar refractivity (Wildman–Crippen MR) is 126 cm³/mol. The fourth-order valence-electron chi connectivity index (χ4n) is 4.25. The Morgan fingerprint density at radius 2 is 1.84 bits per heavy atom. The van der Waals surface area contributed by atoms with Crippen molar-refractivity contribution in [3.63, 3.8) is 0 Å². The highest BCUT2D eigenvalue weighted by atomic mass is 35.5. The number of rotatable bonds is 5. The molecule has 2 fully saturated rings. The summed E-state index contributed by atoms with van der Waals surface area (Å²) < 4.78 is 5.41. The molecule has 0 saturated carbocycles. The molecule has 8 nitrogen and oxygen atoms in total. The Kier molecular flexibility index (Phi) is 6.81. The van der Waals surface area contributed by atoms with Gasteiger partial charge in [0.05, 0.1) is 34.5 Å². The summed E-state index contributed by atoms with van der Waals surface area (Å²) in [5.41, 5.74) is 2.06. The number of anilines is 3. The fraction of sp³-hybridized carbons (Fsp3) is 0.435. The first-order valence-corrected chi connectivity index (χ1v) is 11.3. The van der Waals surface area contributed by atoms with Crippen LogP contribution in [0.1, 0.15) is 30.1 Å². The highest BCUT2D eigenvalue weighted by Gasteiger charge is 2.25. The fourth-order valence-corrected chi connectivity index (χ4v) is 4.54. The Labute approximate surface area is 192 Å². The minimum atomic E-state index is -0.414. The number of piperidine rings is 1. The third kappa shape index (κ3) is 4.81. The molecule has 2 aliphatic heterocycles. The van der Waals surface area contributed by atoms with Gasteiger partial charge < -0.3 is 19.9 Å². The standard InChI is InChI=1S/C23H27ClN4O4/c1-16-7-9-26(10-8-16)20-6-5-17(15-21(20)28(30)31)23(29)25-19-4-2-3-18(24)22(19)27-11-13-32-14-12-27/h2-6,15-16H,7-14H2,1H3,(H,25,29). The van der Waals surface area contributed by atoms with E-state index in [4.69, 9.17) is 16.3 Å². The van der Waals surface area contributed by atoms with Crippen LogP contribution in [0.4, 0.5) is 22.7 Å². The number of para-hydroxylation sites is 1. The van der Waals surface area contributed by atoms with Crippen molar-refractivity contribution < 1.29 is 14.5 Å². The van der Waals surface area contributed by atoms with Gasteiger partial charge in [-0.05, 0) is 43.0 Å². The first kappa shape index (κ1) is 22.4. The Balaban J connectivity index is 1.58. The lowest BCUT2D eigenvalue weighted by molar-refractivity contribution is -0.384. The molecule has 0 atom stereocenters. The molecule has 1 amide bonds. The number of amides is 1. The normalized spacial score (nSPS) is 17.3. The van der Waals surface area contributed by atoms with Crippen LogP contribution in [0.2, 0.25) is 5.02 Å². The molecule has 2 aliphatic rings. The number of benzene rings is 2. The number of morpholine rings is 1. The zero-order chi connectivity index (χ0) is 22.7. The average molecular weight is 459 g/mol. The number of hydrogen-bond acceptors (Lipinski definition) is 6. The minimum Gasteiger partial charge on any atom is -0.378 e. The van der Waals surface area contributed by atoms with Gasteiger partial charge in [-0.25, -0.2) is 0 Å². The highest BCUT2D eigenvalue weighted by molar-refractivity contribution is 6.34. The minimum absolute atomic E-state index is 0.0494. The van der Waals surface area contributed by atoms with Gasteiger partial charge in [-0.3, -0.25) is 14.9 Å². The molecule has 0 radical (unpaired) electrons. The van der Waals surface area contributed by atoms with Crippen LogP contribution in [0, 0.1) is 16.0 Å². The average Bonchev–Trinajstić information content (AvgIpc) is 2.80. The topological polar surface area (TPSA) is 88.0 Å². The van der Waals surface area contributed by atoms with E-state index < -0.39 is 10.8 Å². The van der Waals surface area contributed by atoms with Gasteiger partial charge in [0, 0.05) is 37.8 Å².